The highest BCUT2D eigenvalue weighted by molar-refractivity contribution is 5.76. The lowest BCUT2D eigenvalue weighted by Gasteiger charge is -2.02. The number of hydrogen-bond donors (Lipinski definition) is 3. The van der Waals surface area contributed by atoms with E-state index in [2.05, 4.69) is 4.84 Å². The third-order valence-corrected chi connectivity index (χ3v) is 1.01. The molecule has 6 nitrogen and oxygen atoms in total. The summed E-state index contributed by atoms with van der Waals surface area (Å²) in [4.78, 5) is 25.0. The van der Waals surface area contributed by atoms with Gasteiger partial charge in [0.2, 0.25) is 0 Å². The molecule has 0 saturated heterocycles. The quantitative estimate of drug-likeness (QED) is 0.350. The zero-order valence-electron chi connectivity index (χ0n) is 6.58. The van der Waals surface area contributed by atoms with Gasteiger partial charge in [-0.25, -0.2) is 5.48 Å². The minimum atomic E-state index is -0.885. The molecule has 0 aromatic carbocycles. The van der Waals surface area contributed by atoms with E-state index in [1.54, 1.807) is 0 Å². The Labute approximate surface area is 69.6 Å². The Morgan fingerprint density at radius 2 is 2.17 bits per heavy atom. The molecule has 0 bridgehead atoms. The number of rotatable bonds is 6. The molecule has 0 rings (SSSR count). The Balaban J connectivity index is 3.11. The summed E-state index contributed by atoms with van der Waals surface area (Å²) in [7, 11) is 0. The molecule has 0 aliphatic heterocycles. The van der Waals surface area contributed by atoms with Crippen LogP contribution in [0.5, 0.6) is 0 Å². The lowest BCUT2D eigenvalue weighted by molar-refractivity contribution is -0.137. The largest absolute Gasteiger partial charge is 0.481 e. The number of nitrogens with two attached hydrogens (primary N) is 1. The maximum absolute atomic E-state index is 10.4. The summed E-state index contributed by atoms with van der Waals surface area (Å²) in [5.74, 6) is -1.31. The molecule has 0 aromatic rings. The number of carbonyl (C=O) groups excluding carboxylic acids is 1. The van der Waals surface area contributed by atoms with Crippen molar-refractivity contribution in [2.24, 2.45) is 5.73 Å². The third kappa shape index (κ3) is 6.97. The van der Waals surface area contributed by atoms with Gasteiger partial charge in [-0.1, -0.05) is 0 Å². The van der Waals surface area contributed by atoms with Crippen molar-refractivity contribution in [3.05, 3.63) is 0 Å². The molecule has 0 fully saturated rings. The van der Waals surface area contributed by atoms with Crippen LogP contribution in [0.3, 0.4) is 0 Å². The van der Waals surface area contributed by atoms with E-state index >= 15 is 0 Å². The van der Waals surface area contributed by atoms with Crippen LogP contribution >= 0.6 is 0 Å². The molecule has 0 spiro atoms. The van der Waals surface area contributed by atoms with Crippen molar-refractivity contribution in [2.45, 2.75) is 12.8 Å². The molecule has 1 amide bonds. The van der Waals surface area contributed by atoms with E-state index in [9.17, 15) is 9.59 Å². The second-order valence-corrected chi connectivity index (χ2v) is 2.08. The minimum Gasteiger partial charge on any atom is -0.481 e. The van der Waals surface area contributed by atoms with Crippen molar-refractivity contribution >= 4 is 11.9 Å². The maximum atomic E-state index is 10.4. The van der Waals surface area contributed by atoms with Gasteiger partial charge in [0.15, 0.2) is 0 Å². The van der Waals surface area contributed by atoms with Crippen molar-refractivity contribution in [1.82, 2.24) is 5.48 Å². The highest BCUT2D eigenvalue weighted by atomic mass is 16.6. The van der Waals surface area contributed by atoms with Crippen LogP contribution in [0.25, 0.3) is 0 Å². The third-order valence-electron chi connectivity index (χ3n) is 1.01. The average Bonchev–Trinajstić information content (AvgIpc) is 2.03. The summed E-state index contributed by atoms with van der Waals surface area (Å²) < 4.78 is 0. The molecule has 0 aromatic heterocycles. The average molecular weight is 176 g/mol. The first-order valence-corrected chi connectivity index (χ1v) is 3.49. The summed E-state index contributed by atoms with van der Waals surface area (Å²) in [6.45, 7) is 0.0387. The van der Waals surface area contributed by atoms with Crippen molar-refractivity contribution in [1.29, 1.82) is 0 Å². The van der Waals surface area contributed by atoms with E-state index < -0.39 is 11.9 Å². The van der Waals surface area contributed by atoms with Crippen LogP contribution in [-0.2, 0) is 14.4 Å². The topological polar surface area (TPSA) is 102 Å². The van der Waals surface area contributed by atoms with Gasteiger partial charge in [0.05, 0.1) is 13.2 Å². The number of hydroxylamine groups is 1. The maximum Gasteiger partial charge on any atom is 0.303 e. The Morgan fingerprint density at radius 1 is 1.50 bits per heavy atom. The van der Waals surface area contributed by atoms with Crippen molar-refractivity contribution in [2.75, 3.05) is 13.2 Å². The lowest BCUT2D eigenvalue weighted by Crippen LogP contribution is -2.30. The zero-order valence-corrected chi connectivity index (χ0v) is 6.58. The molecule has 6 heteroatoms. The van der Waals surface area contributed by atoms with Gasteiger partial charge in [-0.3, -0.25) is 14.4 Å². The fourth-order valence-corrected chi connectivity index (χ4v) is 0.469. The second kappa shape index (κ2) is 6.56. The summed E-state index contributed by atoms with van der Waals surface area (Å²) in [5, 5.41) is 8.21. The molecule has 0 aliphatic carbocycles. The van der Waals surface area contributed by atoms with Crippen LogP contribution in [-0.4, -0.2) is 30.1 Å². The molecule has 0 aliphatic rings. The normalized spacial score (nSPS) is 9.42. The Kier molecular flexibility index (Phi) is 5.94. The van der Waals surface area contributed by atoms with Crippen molar-refractivity contribution < 1.29 is 19.5 Å². The van der Waals surface area contributed by atoms with Gasteiger partial charge in [0.25, 0.3) is 5.91 Å². The van der Waals surface area contributed by atoms with E-state index in [-0.39, 0.29) is 19.6 Å². The van der Waals surface area contributed by atoms with E-state index in [1.807, 2.05) is 5.48 Å². The summed E-state index contributed by atoms with van der Waals surface area (Å²) in [6, 6.07) is 0. The Bertz CT molecular complexity index is 160. The van der Waals surface area contributed by atoms with Gasteiger partial charge < -0.3 is 10.8 Å². The predicted molar refractivity (Wildman–Crippen MR) is 40.0 cm³/mol. The first-order chi connectivity index (χ1) is 5.66. The van der Waals surface area contributed by atoms with Gasteiger partial charge >= 0.3 is 5.97 Å². The van der Waals surface area contributed by atoms with E-state index in [4.69, 9.17) is 10.8 Å². The first kappa shape index (κ1) is 10.9. The van der Waals surface area contributed by atoms with Gasteiger partial charge in [-0.05, 0) is 6.42 Å². The zero-order chi connectivity index (χ0) is 9.40. The fourth-order valence-electron chi connectivity index (χ4n) is 0.469. The van der Waals surface area contributed by atoms with Crippen LogP contribution < -0.4 is 11.2 Å². The number of carboxylic acids is 1. The number of hydrogen-bond acceptors (Lipinski definition) is 4. The molecule has 0 heterocycles. The van der Waals surface area contributed by atoms with Gasteiger partial charge in [0, 0.05) is 6.42 Å². The molecular weight excluding hydrogens is 164 g/mol. The number of carboxylic acid groups (broad SMARTS) is 1. The van der Waals surface area contributed by atoms with Crippen LogP contribution in [0.15, 0.2) is 0 Å². The number of aliphatic carboxylic acids is 1. The van der Waals surface area contributed by atoms with E-state index in [0.29, 0.717) is 6.42 Å². The van der Waals surface area contributed by atoms with Gasteiger partial charge in [0.1, 0.15) is 0 Å². The molecule has 0 unspecified atom stereocenters. The smallest absolute Gasteiger partial charge is 0.303 e. The number of carbonyl (C=O) groups is 2. The summed E-state index contributed by atoms with van der Waals surface area (Å²) >= 11 is 0. The summed E-state index contributed by atoms with van der Waals surface area (Å²) in [5.41, 5.74) is 7.00. The minimum absolute atomic E-state index is 0.0263. The molecule has 0 radical (unpaired) electrons. The van der Waals surface area contributed by atoms with Crippen LogP contribution in [0.2, 0.25) is 0 Å². The Morgan fingerprint density at radius 3 is 2.67 bits per heavy atom. The molecule has 4 N–H and O–H groups in total. The summed E-state index contributed by atoms with van der Waals surface area (Å²) in [6.07, 6.45) is 0.388. The SMILES string of the molecule is NCC(=O)NOCCCC(=O)O. The molecule has 0 saturated carbocycles. The van der Waals surface area contributed by atoms with E-state index in [1.165, 1.54) is 0 Å². The number of amides is 1. The van der Waals surface area contributed by atoms with Gasteiger partial charge in [-0.15, -0.1) is 0 Å². The van der Waals surface area contributed by atoms with Crippen molar-refractivity contribution in [3.63, 3.8) is 0 Å². The molecule has 12 heavy (non-hydrogen) atoms. The fraction of sp³-hybridized carbons (Fsp3) is 0.667. The second-order valence-electron chi connectivity index (χ2n) is 2.08. The van der Waals surface area contributed by atoms with Crippen LogP contribution in [0.1, 0.15) is 12.8 Å². The monoisotopic (exact) mass is 176 g/mol. The highest BCUT2D eigenvalue weighted by Gasteiger charge is 1.98. The van der Waals surface area contributed by atoms with Crippen LogP contribution in [0.4, 0.5) is 0 Å². The Hall–Kier alpha value is -1.14. The van der Waals surface area contributed by atoms with E-state index in [0.717, 1.165) is 0 Å². The number of nitrogens with one attached hydrogen (secondary N) is 1. The van der Waals surface area contributed by atoms with Crippen LogP contribution in [0, 0.1) is 0 Å². The molecule has 70 valence electrons. The standard InChI is InChI=1S/C6H12N2O4/c7-4-5(9)8-12-3-1-2-6(10)11/h1-4,7H2,(H,8,9)(H,10,11). The highest BCUT2D eigenvalue weighted by Crippen LogP contribution is 1.87. The lowest BCUT2D eigenvalue weighted by atomic mass is 10.3. The molecular formula is C6H12N2O4. The predicted octanol–water partition coefficient (Wildman–Crippen LogP) is -1.14. The van der Waals surface area contributed by atoms with Gasteiger partial charge in [-0.2, -0.15) is 0 Å². The molecule has 0 atom stereocenters. The first-order valence-electron chi connectivity index (χ1n) is 3.49. The van der Waals surface area contributed by atoms with Crippen molar-refractivity contribution in [3.8, 4) is 0 Å².